The minimum absolute atomic E-state index is 0.00678. The van der Waals surface area contributed by atoms with Crippen LogP contribution in [0.1, 0.15) is 38.4 Å². The lowest BCUT2D eigenvalue weighted by atomic mass is 9.77. The van der Waals surface area contributed by atoms with Crippen LogP contribution in [0.25, 0.3) is 39.0 Å². The van der Waals surface area contributed by atoms with Gasteiger partial charge in [0.2, 0.25) is 17.8 Å². The molecule has 3 N–H and O–H groups in total. The van der Waals surface area contributed by atoms with Crippen LogP contribution >= 0.6 is 0 Å². The summed E-state index contributed by atoms with van der Waals surface area (Å²) in [6.45, 7) is 8.60. The summed E-state index contributed by atoms with van der Waals surface area (Å²) in [4.78, 5) is 45.0. The summed E-state index contributed by atoms with van der Waals surface area (Å²) < 4.78 is 54.4. The molecule has 1 amide bonds. The maximum atomic E-state index is 15.5. The highest BCUT2D eigenvalue weighted by Gasteiger charge is 2.49. The second-order valence-electron chi connectivity index (χ2n) is 16.2. The number of halogens is 3. The fraction of sp³-hybridized carbons (Fsp3) is 0.415. The average molecular weight is 836 g/mol. The lowest BCUT2D eigenvalue weighted by Gasteiger charge is -2.56. The Morgan fingerprint density at radius 2 is 1.82 bits per heavy atom. The van der Waals surface area contributed by atoms with E-state index >= 15 is 8.78 Å². The van der Waals surface area contributed by atoms with Gasteiger partial charge in [-0.15, -0.1) is 0 Å². The molecular weight excluding hydrogens is 792 g/mol. The first kappa shape index (κ1) is 38.8. The number of imidazole rings is 1. The van der Waals surface area contributed by atoms with E-state index < -0.39 is 29.6 Å². The van der Waals surface area contributed by atoms with Crippen LogP contribution in [0.3, 0.4) is 0 Å². The first-order valence-electron chi connectivity index (χ1n) is 20.4. The standard InChI is InChI=1S/C41H44F3N15O2/c1-5-61-28-19-54(4)39(60)35-13-24(50-40-47-9-8-32(51-40)29-10-23(43)12-33-36(29)55(20-28)21(2)49-33)18-56(35)37-30-17-48-58(34-7-6-22(42)11-31(34)44)38(30)53-41(52-37)57-25-14-26(57)16-27(15-25)59(45)46-3/h6-12,17,24-28,35H,3,5,13-16,18-20,45H2,1-2,4H3,(H,47,50,51)/t24-,25?,26?,27?,28-,35-/m0/s1. The molecule has 2 unspecified atom stereocenters. The van der Waals surface area contributed by atoms with Crippen molar-refractivity contribution < 1.29 is 22.7 Å². The molecule has 11 rings (SSSR count). The summed E-state index contributed by atoms with van der Waals surface area (Å²) in [6.07, 6.45) is 5.32. The molecule has 8 heterocycles. The largest absolute Gasteiger partial charge is 0.375 e. The number of rotatable bonds is 7. The fourth-order valence-corrected chi connectivity index (χ4v) is 9.74. The number of likely N-dealkylation sites (N-methyl/N-ethyl adjacent to an activating group) is 1. The molecule has 1 aliphatic carbocycles. The van der Waals surface area contributed by atoms with Gasteiger partial charge in [-0.25, -0.2) is 43.8 Å². The third-order valence-corrected chi connectivity index (χ3v) is 12.5. The zero-order valence-electron chi connectivity index (χ0n) is 33.8. The van der Waals surface area contributed by atoms with E-state index in [0.29, 0.717) is 89.3 Å². The van der Waals surface area contributed by atoms with Gasteiger partial charge in [0.05, 0.1) is 47.0 Å². The number of hydrogen-bond donors (Lipinski definition) is 2. The minimum Gasteiger partial charge on any atom is -0.375 e. The molecule has 6 aromatic rings. The highest BCUT2D eigenvalue weighted by molar-refractivity contribution is 5.94. The van der Waals surface area contributed by atoms with Gasteiger partial charge in [0.25, 0.3) is 0 Å². The number of aromatic nitrogens is 8. The molecule has 4 aromatic heterocycles. The lowest BCUT2D eigenvalue weighted by molar-refractivity contribution is -0.133. The zero-order valence-corrected chi connectivity index (χ0v) is 33.8. The third kappa shape index (κ3) is 6.64. The van der Waals surface area contributed by atoms with E-state index in [0.717, 1.165) is 12.5 Å². The number of ether oxygens (including phenoxy) is 1. The number of hydrazine groups is 1. The number of nitrogens with zero attached hydrogens (tertiary/aromatic N) is 13. The minimum atomic E-state index is -0.813. The van der Waals surface area contributed by atoms with Gasteiger partial charge in [-0.1, -0.05) is 0 Å². The van der Waals surface area contributed by atoms with Crippen LogP contribution in [0.4, 0.5) is 30.9 Å². The molecule has 61 heavy (non-hydrogen) atoms. The molecule has 5 atom stereocenters. The molecule has 6 bridgehead atoms. The van der Waals surface area contributed by atoms with Gasteiger partial charge in [0.1, 0.15) is 35.0 Å². The molecule has 0 spiro atoms. The summed E-state index contributed by atoms with van der Waals surface area (Å²) in [6, 6.07) is 6.83. The molecule has 2 aromatic carbocycles. The van der Waals surface area contributed by atoms with Crippen LogP contribution in [-0.2, 0) is 16.1 Å². The van der Waals surface area contributed by atoms with E-state index in [4.69, 9.17) is 30.5 Å². The molecule has 4 aliphatic heterocycles. The molecule has 3 saturated heterocycles. The van der Waals surface area contributed by atoms with Gasteiger partial charge in [-0.3, -0.25) is 4.79 Å². The Balaban J connectivity index is 1.09. The SMILES string of the molecule is C=NN(N)C1CC2CC(C1)N2c1nc(N2C[C@@H]3C[C@H]2C(=O)N(C)C[C@H](OCC)Cn2c(C)nc4cc(F)cc(c42)-c2ccnc(n2)N3)c2cnn(-c3ccc(F)cc3F)c2n1. The summed E-state index contributed by atoms with van der Waals surface area (Å²) in [5.74, 6) is 5.75. The van der Waals surface area contributed by atoms with Gasteiger partial charge in [0, 0.05) is 75.5 Å². The molecule has 4 fully saturated rings. The second-order valence-corrected chi connectivity index (χ2v) is 16.2. The van der Waals surface area contributed by atoms with Crippen molar-refractivity contribution >= 4 is 52.4 Å². The number of nitrogens with two attached hydrogens (primary N) is 1. The summed E-state index contributed by atoms with van der Waals surface area (Å²) in [5.41, 5.74) is 2.53. The first-order valence-corrected chi connectivity index (χ1v) is 20.4. The molecule has 17 nitrogen and oxygen atoms in total. The number of aryl methyl sites for hydroxylation is 1. The van der Waals surface area contributed by atoms with Crippen molar-refractivity contribution in [2.45, 2.75) is 82.4 Å². The normalized spacial score (nSPS) is 23.8. The van der Waals surface area contributed by atoms with Crippen LogP contribution in [-0.4, -0.2) is 125 Å². The van der Waals surface area contributed by atoms with E-state index in [9.17, 15) is 9.18 Å². The summed E-state index contributed by atoms with van der Waals surface area (Å²) in [7, 11) is 1.75. The number of piperidine rings is 1. The highest BCUT2D eigenvalue weighted by Crippen LogP contribution is 2.44. The maximum Gasteiger partial charge on any atom is 0.245 e. The maximum absolute atomic E-state index is 15.5. The Hall–Kier alpha value is -6.41. The highest BCUT2D eigenvalue weighted by atomic mass is 19.1. The number of hydrazone groups is 1. The van der Waals surface area contributed by atoms with Crippen LogP contribution < -0.4 is 21.0 Å². The molecule has 0 radical (unpaired) electrons. The molecule has 20 heteroatoms. The number of hydrogen-bond acceptors (Lipinski definition) is 14. The summed E-state index contributed by atoms with van der Waals surface area (Å²) >= 11 is 0. The van der Waals surface area contributed by atoms with Gasteiger partial charge < -0.3 is 29.3 Å². The number of carbonyl (C=O) groups is 1. The molecule has 5 aliphatic rings. The van der Waals surface area contributed by atoms with Crippen LogP contribution in [0.2, 0.25) is 0 Å². The van der Waals surface area contributed by atoms with Crippen molar-refractivity contribution in [3.63, 3.8) is 0 Å². The quantitative estimate of drug-likeness (QED) is 0.133. The number of carbonyl (C=O) groups excluding carboxylic acids is 1. The third-order valence-electron chi connectivity index (χ3n) is 12.5. The number of anilines is 3. The van der Waals surface area contributed by atoms with Crippen molar-refractivity contribution in [2.75, 3.05) is 41.9 Å². The predicted octanol–water partition coefficient (Wildman–Crippen LogP) is 4.19. The summed E-state index contributed by atoms with van der Waals surface area (Å²) in [5, 5.41) is 13.8. The van der Waals surface area contributed by atoms with Gasteiger partial charge in [-0.05, 0) is 63.8 Å². The number of amides is 1. The molecule has 316 valence electrons. The molecule has 1 saturated carbocycles. The van der Waals surface area contributed by atoms with Crippen molar-refractivity contribution in [2.24, 2.45) is 10.9 Å². The van der Waals surface area contributed by atoms with E-state index in [-0.39, 0.29) is 48.9 Å². The van der Waals surface area contributed by atoms with Crippen molar-refractivity contribution in [3.8, 4) is 16.9 Å². The number of fused-ring (bicyclic) bond motifs is 8. The molecular formula is C41H44F3N15O2. The number of benzene rings is 2. The van der Waals surface area contributed by atoms with Gasteiger partial charge in [0.15, 0.2) is 11.5 Å². The Morgan fingerprint density at radius 3 is 2.59 bits per heavy atom. The van der Waals surface area contributed by atoms with Crippen LogP contribution in [0, 0.1) is 24.4 Å². The number of nitrogens with one attached hydrogen (secondary N) is 1. The van der Waals surface area contributed by atoms with Gasteiger partial charge in [-0.2, -0.15) is 20.2 Å². The van der Waals surface area contributed by atoms with E-state index in [1.807, 2.05) is 23.3 Å². The van der Waals surface area contributed by atoms with E-state index in [1.165, 1.54) is 34.1 Å². The van der Waals surface area contributed by atoms with E-state index in [2.05, 4.69) is 32.1 Å². The second kappa shape index (κ2) is 14.9. The predicted molar refractivity (Wildman–Crippen MR) is 222 cm³/mol. The lowest BCUT2D eigenvalue weighted by Crippen LogP contribution is -2.65. The zero-order chi connectivity index (χ0) is 42.3. The average Bonchev–Trinajstić information content (AvgIpc) is 3.94. The van der Waals surface area contributed by atoms with Gasteiger partial charge >= 0.3 is 0 Å². The van der Waals surface area contributed by atoms with Crippen LogP contribution in [0.15, 0.2) is 53.9 Å². The Labute approximate surface area is 348 Å². The Kier molecular flexibility index (Phi) is 9.50. The van der Waals surface area contributed by atoms with Crippen molar-refractivity contribution in [1.82, 2.24) is 49.3 Å². The Bertz CT molecular complexity index is 2700. The topological polar surface area (TPSA) is 177 Å². The monoisotopic (exact) mass is 835 g/mol. The first-order chi connectivity index (χ1) is 29.5. The van der Waals surface area contributed by atoms with Crippen LogP contribution in [0.5, 0.6) is 0 Å². The van der Waals surface area contributed by atoms with Crippen molar-refractivity contribution in [1.29, 1.82) is 0 Å². The smallest absolute Gasteiger partial charge is 0.245 e. The Morgan fingerprint density at radius 1 is 1.00 bits per heavy atom. The fourth-order valence-electron chi connectivity index (χ4n) is 9.74. The van der Waals surface area contributed by atoms with E-state index in [1.54, 1.807) is 30.4 Å². The van der Waals surface area contributed by atoms with Crippen molar-refractivity contribution in [3.05, 3.63) is 72.1 Å².